The molecule has 0 saturated carbocycles. The van der Waals surface area contributed by atoms with Crippen LogP contribution in [0.4, 0.5) is 0 Å². The number of nitrogens with zero attached hydrogens (tertiary/aromatic N) is 2. The molecule has 1 N–H and O–H groups in total. The van der Waals surface area contributed by atoms with E-state index in [1.54, 1.807) is 37.6 Å². The third kappa shape index (κ3) is 4.32. The summed E-state index contributed by atoms with van der Waals surface area (Å²) in [6.07, 6.45) is 3.15. The number of likely N-dealkylation sites (N-methyl/N-ethyl adjacent to an activating group) is 1. The zero-order valence-electron chi connectivity index (χ0n) is 16.1. The van der Waals surface area contributed by atoms with Crippen LogP contribution in [0.3, 0.4) is 0 Å². The normalized spacial score (nSPS) is 12.0. The quantitative estimate of drug-likeness (QED) is 0.680. The summed E-state index contributed by atoms with van der Waals surface area (Å²) in [7, 11) is 5.42. The molecule has 0 spiro atoms. The highest BCUT2D eigenvalue weighted by atomic mass is 16.5. The standard InChI is InChI=1S/C21H23N3O4/c1-23(2)18(19-5-4-12-28-19)13-22-21(26)15-6-11-20(25)24(14-15)16-7-9-17(27-3)10-8-16/h4-12,14,18H,13H2,1-3H3,(H,22,26). The van der Waals surface area contributed by atoms with Crippen molar-refractivity contribution in [2.45, 2.75) is 6.04 Å². The Morgan fingerprint density at radius 3 is 2.54 bits per heavy atom. The van der Waals surface area contributed by atoms with Gasteiger partial charge in [-0.1, -0.05) is 0 Å². The number of hydrogen-bond donors (Lipinski definition) is 1. The highest BCUT2D eigenvalue weighted by Crippen LogP contribution is 2.18. The first-order valence-corrected chi connectivity index (χ1v) is 8.85. The molecule has 0 bridgehead atoms. The van der Waals surface area contributed by atoms with Crippen molar-refractivity contribution in [3.05, 3.63) is 82.7 Å². The summed E-state index contributed by atoms with van der Waals surface area (Å²) in [5.41, 5.74) is 0.832. The Kier molecular flexibility index (Phi) is 5.96. The van der Waals surface area contributed by atoms with E-state index in [0.717, 1.165) is 5.76 Å². The molecule has 2 heterocycles. The first-order chi connectivity index (χ1) is 13.5. The number of nitrogens with one attached hydrogen (secondary N) is 1. The van der Waals surface area contributed by atoms with Gasteiger partial charge in [0, 0.05) is 24.5 Å². The fourth-order valence-electron chi connectivity index (χ4n) is 2.88. The SMILES string of the molecule is COc1ccc(-n2cc(C(=O)NCC(c3ccco3)N(C)C)ccc2=O)cc1. The molecule has 0 saturated heterocycles. The lowest BCUT2D eigenvalue weighted by Gasteiger charge is -2.22. The summed E-state index contributed by atoms with van der Waals surface area (Å²) in [4.78, 5) is 26.9. The number of rotatable bonds is 7. The van der Waals surface area contributed by atoms with Crippen molar-refractivity contribution in [1.29, 1.82) is 0 Å². The molecule has 1 amide bonds. The number of aromatic nitrogens is 1. The second-order valence-electron chi connectivity index (χ2n) is 6.53. The van der Waals surface area contributed by atoms with Crippen LogP contribution in [0.1, 0.15) is 22.2 Å². The molecule has 1 atom stereocenters. The number of amides is 1. The zero-order chi connectivity index (χ0) is 20.1. The molecule has 146 valence electrons. The minimum absolute atomic E-state index is 0.0913. The maximum absolute atomic E-state index is 12.6. The first-order valence-electron chi connectivity index (χ1n) is 8.85. The van der Waals surface area contributed by atoms with Crippen LogP contribution in [0.25, 0.3) is 5.69 Å². The first kappa shape index (κ1) is 19.4. The van der Waals surface area contributed by atoms with E-state index in [4.69, 9.17) is 9.15 Å². The van der Waals surface area contributed by atoms with Gasteiger partial charge in [-0.3, -0.25) is 19.1 Å². The van der Waals surface area contributed by atoms with E-state index in [2.05, 4.69) is 5.32 Å². The molecule has 0 fully saturated rings. The largest absolute Gasteiger partial charge is 0.497 e. The van der Waals surface area contributed by atoms with Crippen LogP contribution in [-0.4, -0.2) is 43.1 Å². The number of ether oxygens (including phenoxy) is 1. The van der Waals surface area contributed by atoms with E-state index in [1.807, 2.05) is 31.1 Å². The van der Waals surface area contributed by atoms with Gasteiger partial charge in [-0.25, -0.2) is 0 Å². The van der Waals surface area contributed by atoms with Crippen LogP contribution < -0.4 is 15.6 Å². The van der Waals surface area contributed by atoms with Gasteiger partial charge in [0.1, 0.15) is 11.5 Å². The van der Waals surface area contributed by atoms with Gasteiger partial charge in [0.15, 0.2) is 0 Å². The third-order valence-electron chi connectivity index (χ3n) is 4.47. The summed E-state index contributed by atoms with van der Waals surface area (Å²) in [6.45, 7) is 0.376. The van der Waals surface area contributed by atoms with Gasteiger partial charge in [0.25, 0.3) is 11.5 Å². The van der Waals surface area contributed by atoms with Gasteiger partial charge in [-0.2, -0.15) is 0 Å². The van der Waals surface area contributed by atoms with Crippen LogP contribution >= 0.6 is 0 Å². The molecule has 0 aliphatic heterocycles. The Morgan fingerprint density at radius 2 is 1.93 bits per heavy atom. The number of hydrogen-bond acceptors (Lipinski definition) is 5. The molecular formula is C21H23N3O4. The van der Waals surface area contributed by atoms with Crippen LogP contribution in [0, 0.1) is 0 Å². The third-order valence-corrected chi connectivity index (χ3v) is 4.47. The molecule has 7 nitrogen and oxygen atoms in total. The summed E-state index contributed by atoms with van der Waals surface area (Å²) in [5.74, 6) is 1.20. The molecule has 1 unspecified atom stereocenters. The maximum Gasteiger partial charge on any atom is 0.255 e. The van der Waals surface area contributed by atoms with Crippen LogP contribution in [-0.2, 0) is 0 Å². The van der Waals surface area contributed by atoms with Crippen molar-refractivity contribution in [3.63, 3.8) is 0 Å². The van der Waals surface area contributed by atoms with Crippen molar-refractivity contribution in [3.8, 4) is 11.4 Å². The van der Waals surface area contributed by atoms with Gasteiger partial charge >= 0.3 is 0 Å². The van der Waals surface area contributed by atoms with Crippen molar-refractivity contribution >= 4 is 5.91 Å². The predicted octanol–water partition coefficient (Wildman–Crippen LogP) is 2.47. The lowest BCUT2D eigenvalue weighted by molar-refractivity contribution is 0.0938. The van der Waals surface area contributed by atoms with Gasteiger partial charge < -0.3 is 14.5 Å². The Labute approximate surface area is 163 Å². The fraction of sp³-hybridized carbons (Fsp3) is 0.238. The smallest absolute Gasteiger partial charge is 0.255 e. The Hall–Kier alpha value is -3.32. The number of methoxy groups -OCH3 is 1. The molecule has 1 aromatic carbocycles. The molecule has 3 rings (SSSR count). The average molecular weight is 381 g/mol. The number of benzene rings is 1. The number of carbonyl (C=O) groups excluding carboxylic acids is 1. The monoisotopic (exact) mass is 381 g/mol. The lowest BCUT2D eigenvalue weighted by Crippen LogP contribution is -2.34. The lowest BCUT2D eigenvalue weighted by atomic mass is 10.2. The van der Waals surface area contributed by atoms with Crippen molar-refractivity contribution < 1.29 is 13.9 Å². The Balaban J connectivity index is 1.77. The molecular weight excluding hydrogens is 358 g/mol. The van der Waals surface area contributed by atoms with Gasteiger partial charge in [0.2, 0.25) is 0 Å². The highest BCUT2D eigenvalue weighted by molar-refractivity contribution is 5.93. The minimum atomic E-state index is -0.263. The molecule has 0 aliphatic rings. The van der Waals surface area contributed by atoms with E-state index >= 15 is 0 Å². The molecule has 3 aromatic rings. The fourth-order valence-corrected chi connectivity index (χ4v) is 2.88. The van der Waals surface area contributed by atoms with Crippen LogP contribution in [0.2, 0.25) is 0 Å². The van der Waals surface area contributed by atoms with Gasteiger partial charge in [0.05, 0.1) is 25.0 Å². The van der Waals surface area contributed by atoms with Crippen molar-refractivity contribution in [2.24, 2.45) is 0 Å². The minimum Gasteiger partial charge on any atom is -0.497 e. The van der Waals surface area contributed by atoms with Crippen LogP contribution in [0.15, 0.2) is 70.2 Å². The maximum atomic E-state index is 12.6. The molecule has 28 heavy (non-hydrogen) atoms. The summed E-state index contributed by atoms with van der Waals surface area (Å²) >= 11 is 0. The van der Waals surface area contributed by atoms with E-state index in [1.165, 1.54) is 22.9 Å². The highest BCUT2D eigenvalue weighted by Gasteiger charge is 2.18. The van der Waals surface area contributed by atoms with Crippen molar-refractivity contribution in [2.75, 3.05) is 27.7 Å². The zero-order valence-corrected chi connectivity index (χ0v) is 16.1. The molecule has 0 radical (unpaired) electrons. The predicted molar refractivity (Wildman–Crippen MR) is 106 cm³/mol. The molecule has 7 heteroatoms. The van der Waals surface area contributed by atoms with E-state index in [0.29, 0.717) is 23.5 Å². The second-order valence-corrected chi connectivity index (χ2v) is 6.53. The number of pyridine rings is 1. The molecule has 0 aliphatic carbocycles. The van der Waals surface area contributed by atoms with Crippen LogP contribution in [0.5, 0.6) is 5.75 Å². The van der Waals surface area contributed by atoms with Gasteiger partial charge in [-0.05, 0) is 56.6 Å². The van der Waals surface area contributed by atoms with E-state index in [9.17, 15) is 9.59 Å². The topological polar surface area (TPSA) is 76.7 Å². The van der Waals surface area contributed by atoms with E-state index in [-0.39, 0.29) is 17.5 Å². The second kappa shape index (κ2) is 8.58. The van der Waals surface area contributed by atoms with Gasteiger partial charge in [-0.15, -0.1) is 0 Å². The average Bonchev–Trinajstić information content (AvgIpc) is 3.22. The van der Waals surface area contributed by atoms with Crippen molar-refractivity contribution in [1.82, 2.24) is 14.8 Å². The summed E-state index contributed by atoms with van der Waals surface area (Å²) < 4.78 is 12.0. The van der Waals surface area contributed by atoms with E-state index < -0.39 is 0 Å². The Morgan fingerprint density at radius 1 is 1.18 bits per heavy atom. The number of carbonyl (C=O) groups is 1. The summed E-state index contributed by atoms with van der Waals surface area (Å²) in [5, 5.41) is 2.91. The Bertz CT molecular complexity index is 976. The summed E-state index contributed by atoms with van der Waals surface area (Å²) in [6, 6.07) is 13.6. The molecule has 2 aromatic heterocycles. The number of furan rings is 1.